The van der Waals surface area contributed by atoms with Crippen LogP contribution in [0.4, 0.5) is 11.4 Å². The third-order valence-corrected chi connectivity index (χ3v) is 3.91. The molecule has 1 fully saturated rings. The summed E-state index contributed by atoms with van der Waals surface area (Å²) in [7, 11) is 1.50. The maximum atomic E-state index is 10.9. The highest BCUT2D eigenvalue weighted by Crippen LogP contribution is 2.31. The number of nitrogens with zero attached hydrogens (tertiary/aromatic N) is 2. The normalized spacial score (nSPS) is 17.9. The summed E-state index contributed by atoms with van der Waals surface area (Å²) in [6.07, 6.45) is 1.49. The predicted molar refractivity (Wildman–Crippen MR) is 76.3 cm³/mol. The van der Waals surface area contributed by atoms with Crippen LogP contribution >= 0.6 is 0 Å². The molecule has 6 heteroatoms. The quantitative estimate of drug-likeness (QED) is 0.676. The van der Waals surface area contributed by atoms with E-state index in [1.165, 1.54) is 13.2 Å². The number of anilines is 1. The topological polar surface area (TPSA) is 75.8 Å². The summed E-state index contributed by atoms with van der Waals surface area (Å²) in [4.78, 5) is 12.6. The lowest BCUT2D eigenvalue weighted by molar-refractivity contribution is -0.384. The number of nitro benzene ring substituents is 1. The van der Waals surface area contributed by atoms with Gasteiger partial charge in [0.1, 0.15) is 5.75 Å². The standard InChI is InChI=1S/C14H20N2O4/c1-10(17)11-3-5-15(6-4-11)12-7-13(16(18)19)9-14(8-12)20-2/h7-11,17H,3-6H2,1-2H3. The lowest BCUT2D eigenvalue weighted by atomic mass is 9.92. The van der Waals surface area contributed by atoms with Crippen molar-refractivity contribution in [1.82, 2.24) is 0 Å². The first-order chi connectivity index (χ1) is 9.51. The minimum atomic E-state index is -0.408. The van der Waals surface area contributed by atoms with Crippen LogP contribution in [0.5, 0.6) is 5.75 Å². The third kappa shape index (κ3) is 3.19. The number of aliphatic hydroxyl groups excluding tert-OH is 1. The van der Waals surface area contributed by atoms with Gasteiger partial charge in [0.05, 0.1) is 24.2 Å². The number of piperidine rings is 1. The monoisotopic (exact) mass is 280 g/mol. The third-order valence-electron chi connectivity index (χ3n) is 3.91. The van der Waals surface area contributed by atoms with Gasteiger partial charge in [-0.05, 0) is 25.7 Å². The maximum Gasteiger partial charge on any atom is 0.275 e. The van der Waals surface area contributed by atoms with Crippen molar-refractivity contribution in [2.75, 3.05) is 25.1 Å². The molecule has 0 bridgehead atoms. The summed E-state index contributed by atoms with van der Waals surface area (Å²) in [5.74, 6) is 0.804. The molecule has 1 aromatic carbocycles. The van der Waals surface area contributed by atoms with Crippen molar-refractivity contribution in [3.63, 3.8) is 0 Å². The first-order valence-electron chi connectivity index (χ1n) is 6.77. The van der Waals surface area contributed by atoms with Crippen molar-refractivity contribution in [2.24, 2.45) is 5.92 Å². The van der Waals surface area contributed by atoms with E-state index in [0.717, 1.165) is 31.6 Å². The zero-order valence-corrected chi connectivity index (χ0v) is 11.8. The minimum absolute atomic E-state index is 0.0389. The summed E-state index contributed by atoms with van der Waals surface area (Å²) in [5.41, 5.74) is 0.845. The van der Waals surface area contributed by atoms with E-state index in [-0.39, 0.29) is 11.8 Å². The van der Waals surface area contributed by atoms with Crippen molar-refractivity contribution in [1.29, 1.82) is 0 Å². The van der Waals surface area contributed by atoms with Crippen LogP contribution in [0, 0.1) is 16.0 Å². The second-order valence-corrected chi connectivity index (χ2v) is 5.21. The Hall–Kier alpha value is -1.82. The molecule has 0 amide bonds. The van der Waals surface area contributed by atoms with Crippen LogP contribution in [0.3, 0.4) is 0 Å². The van der Waals surface area contributed by atoms with Crippen molar-refractivity contribution in [2.45, 2.75) is 25.9 Å². The van der Waals surface area contributed by atoms with Crippen molar-refractivity contribution < 1.29 is 14.8 Å². The van der Waals surface area contributed by atoms with E-state index < -0.39 is 4.92 Å². The second-order valence-electron chi connectivity index (χ2n) is 5.21. The highest BCUT2D eigenvalue weighted by molar-refractivity contribution is 5.58. The molecule has 1 atom stereocenters. The van der Waals surface area contributed by atoms with Gasteiger partial charge in [0.25, 0.3) is 5.69 Å². The zero-order valence-electron chi connectivity index (χ0n) is 11.8. The number of hydrogen-bond donors (Lipinski definition) is 1. The van der Waals surface area contributed by atoms with Gasteiger partial charge in [-0.15, -0.1) is 0 Å². The summed E-state index contributed by atoms with van der Waals surface area (Å²) in [5, 5.41) is 20.5. The van der Waals surface area contributed by atoms with Gasteiger partial charge >= 0.3 is 0 Å². The van der Waals surface area contributed by atoms with Gasteiger partial charge in [-0.2, -0.15) is 0 Å². The zero-order chi connectivity index (χ0) is 14.7. The number of benzene rings is 1. The van der Waals surface area contributed by atoms with Crippen LogP contribution in [-0.2, 0) is 0 Å². The number of methoxy groups -OCH3 is 1. The Morgan fingerprint density at radius 1 is 1.40 bits per heavy atom. The molecule has 1 saturated heterocycles. The van der Waals surface area contributed by atoms with E-state index in [9.17, 15) is 15.2 Å². The Labute approximate surface area is 118 Å². The molecule has 1 unspecified atom stereocenters. The average Bonchev–Trinajstić information content (AvgIpc) is 2.46. The number of nitro groups is 1. The van der Waals surface area contributed by atoms with E-state index in [1.807, 2.05) is 13.0 Å². The fourth-order valence-electron chi connectivity index (χ4n) is 2.61. The van der Waals surface area contributed by atoms with Crippen LogP contribution in [0.15, 0.2) is 18.2 Å². The van der Waals surface area contributed by atoms with E-state index in [0.29, 0.717) is 11.7 Å². The molecular weight excluding hydrogens is 260 g/mol. The van der Waals surface area contributed by atoms with E-state index in [2.05, 4.69) is 4.90 Å². The first-order valence-corrected chi connectivity index (χ1v) is 6.77. The molecule has 1 aromatic rings. The van der Waals surface area contributed by atoms with Crippen molar-refractivity contribution >= 4 is 11.4 Å². The van der Waals surface area contributed by atoms with Crippen LogP contribution in [0.2, 0.25) is 0 Å². The van der Waals surface area contributed by atoms with Crippen LogP contribution in [0.1, 0.15) is 19.8 Å². The Morgan fingerprint density at radius 3 is 2.55 bits per heavy atom. The number of rotatable bonds is 4. The van der Waals surface area contributed by atoms with E-state index >= 15 is 0 Å². The fourth-order valence-corrected chi connectivity index (χ4v) is 2.61. The van der Waals surface area contributed by atoms with Crippen LogP contribution in [0.25, 0.3) is 0 Å². The minimum Gasteiger partial charge on any atom is -0.496 e. The first kappa shape index (κ1) is 14.6. The molecule has 110 valence electrons. The van der Waals surface area contributed by atoms with Gasteiger partial charge < -0.3 is 14.7 Å². The highest BCUT2D eigenvalue weighted by Gasteiger charge is 2.24. The van der Waals surface area contributed by atoms with E-state index in [4.69, 9.17) is 4.74 Å². The molecule has 20 heavy (non-hydrogen) atoms. The summed E-state index contributed by atoms with van der Waals surface area (Å²) < 4.78 is 5.12. The van der Waals surface area contributed by atoms with Crippen molar-refractivity contribution in [3.05, 3.63) is 28.3 Å². The lowest BCUT2D eigenvalue weighted by Gasteiger charge is -2.34. The Balaban J connectivity index is 2.17. The molecule has 0 spiro atoms. The van der Waals surface area contributed by atoms with Gasteiger partial charge in [0.15, 0.2) is 0 Å². The Morgan fingerprint density at radius 2 is 2.05 bits per heavy atom. The van der Waals surface area contributed by atoms with Crippen LogP contribution in [-0.4, -0.2) is 36.3 Å². The van der Waals surface area contributed by atoms with Gasteiger partial charge in [0, 0.05) is 30.9 Å². The number of ether oxygens (including phenoxy) is 1. The molecular formula is C14H20N2O4. The van der Waals surface area contributed by atoms with Gasteiger partial charge in [-0.1, -0.05) is 0 Å². The fraction of sp³-hybridized carbons (Fsp3) is 0.571. The van der Waals surface area contributed by atoms with E-state index in [1.54, 1.807) is 6.07 Å². The average molecular weight is 280 g/mol. The Bertz CT molecular complexity index is 482. The van der Waals surface area contributed by atoms with Crippen molar-refractivity contribution in [3.8, 4) is 5.75 Å². The second kappa shape index (κ2) is 6.09. The van der Waals surface area contributed by atoms with Gasteiger partial charge in [-0.25, -0.2) is 0 Å². The molecule has 0 saturated carbocycles. The molecule has 1 aliphatic rings. The molecule has 0 aromatic heterocycles. The summed E-state index contributed by atoms with van der Waals surface area (Å²) >= 11 is 0. The van der Waals surface area contributed by atoms with Gasteiger partial charge in [0.2, 0.25) is 0 Å². The molecule has 1 aliphatic heterocycles. The number of non-ortho nitro benzene ring substituents is 1. The molecule has 1 heterocycles. The smallest absolute Gasteiger partial charge is 0.275 e. The molecule has 2 rings (SSSR count). The SMILES string of the molecule is COc1cc(N2CCC(C(C)O)CC2)cc([N+](=O)[O-])c1. The molecule has 0 aliphatic carbocycles. The summed E-state index contributed by atoms with van der Waals surface area (Å²) in [6.45, 7) is 3.40. The number of aliphatic hydroxyl groups is 1. The highest BCUT2D eigenvalue weighted by atomic mass is 16.6. The maximum absolute atomic E-state index is 10.9. The predicted octanol–water partition coefficient (Wildman–Crippen LogP) is 2.20. The Kier molecular flexibility index (Phi) is 4.44. The largest absolute Gasteiger partial charge is 0.496 e. The molecule has 1 N–H and O–H groups in total. The lowest BCUT2D eigenvalue weighted by Crippen LogP contribution is -2.37. The summed E-state index contributed by atoms with van der Waals surface area (Å²) in [6, 6.07) is 4.81. The molecule has 0 radical (unpaired) electrons. The van der Waals surface area contributed by atoms with Crippen LogP contribution < -0.4 is 9.64 Å². The number of hydrogen-bond acceptors (Lipinski definition) is 5. The molecule has 6 nitrogen and oxygen atoms in total. The van der Waals surface area contributed by atoms with Gasteiger partial charge in [-0.3, -0.25) is 10.1 Å².